The van der Waals surface area contributed by atoms with Crippen LogP contribution in [0.3, 0.4) is 0 Å². The highest BCUT2D eigenvalue weighted by atomic mass is 79.9. The molecule has 136 valence electrons. The fourth-order valence-corrected chi connectivity index (χ4v) is 3.85. The summed E-state index contributed by atoms with van der Waals surface area (Å²) in [5, 5.41) is 1.36. The van der Waals surface area contributed by atoms with Crippen molar-refractivity contribution in [3.63, 3.8) is 0 Å². The fraction of sp³-hybridized carbons (Fsp3) is 0.158. The van der Waals surface area contributed by atoms with E-state index < -0.39 is 23.8 Å². The third kappa shape index (κ3) is 2.73. The summed E-state index contributed by atoms with van der Waals surface area (Å²) in [6.07, 6.45) is 3.10. The number of halogens is 1. The van der Waals surface area contributed by atoms with Crippen LogP contribution in [-0.2, 0) is 16.0 Å². The van der Waals surface area contributed by atoms with Crippen molar-refractivity contribution in [3.8, 4) is 0 Å². The number of aromatic nitrogens is 2. The minimum atomic E-state index is -1.09. The van der Waals surface area contributed by atoms with Gasteiger partial charge in [-0.25, -0.2) is 9.78 Å². The van der Waals surface area contributed by atoms with Crippen LogP contribution in [0.4, 0.5) is 0 Å². The molecule has 0 aliphatic carbocycles. The lowest BCUT2D eigenvalue weighted by Crippen LogP contribution is -2.52. The number of hydrogen-bond acceptors (Lipinski definition) is 5. The van der Waals surface area contributed by atoms with E-state index in [0.29, 0.717) is 22.2 Å². The molecule has 1 N–H and O–H groups in total. The monoisotopic (exact) mass is 427 g/mol. The Hall–Kier alpha value is -3.00. The van der Waals surface area contributed by atoms with Crippen molar-refractivity contribution in [1.82, 2.24) is 14.9 Å². The number of H-pyrrole nitrogens is 1. The number of amides is 2. The second-order valence-electron chi connectivity index (χ2n) is 6.12. The number of carbonyl (C=O) groups excluding carboxylic acids is 3. The summed E-state index contributed by atoms with van der Waals surface area (Å²) in [5.74, 6) is -1.71. The molecule has 1 aliphatic rings. The molecule has 2 heterocycles. The maximum Gasteiger partial charge on any atom is 0.329 e. The molecular weight excluding hydrogens is 414 g/mol. The number of rotatable bonds is 4. The van der Waals surface area contributed by atoms with Gasteiger partial charge in [0.1, 0.15) is 6.04 Å². The molecule has 8 heteroatoms. The van der Waals surface area contributed by atoms with Crippen molar-refractivity contribution in [3.05, 3.63) is 64.1 Å². The van der Waals surface area contributed by atoms with Gasteiger partial charge in [-0.3, -0.25) is 14.5 Å². The Bertz CT molecular complexity index is 1060. The van der Waals surface area contributed by atoms with Crippen LogP contribution in [0.5, 0.6) is 0 Å². The van der Waals surface area contributed by atoms with Crippen molar-refractivity contribution >= 4 is 44.5 Å². The largest absolute Gasteiger partial charge is 0.467 e. The number of ether oxygens (including phenoxy) is 1. The Morgan fingerprint density at radius 3 is 2.63 bits per heavy atom. The van der Waals surface area contributed by atoms with Gasteiger partial charge in [-0.15, -0.1) is 0 Å². The maximum atomic E-state index is 13.2. The van der Waals surface area contributed by atoms with Gasteiger partial charge >= 0.3 is 5.97 Å². The van der Waals surface area contributed by atoms with Gasteiger partial charge in [0.15, 0.2) is 0 Å². The number of methoxy groups -OCH3 is 1. The molecular formula is C19H14BrN3O4. The van der Waals surface area contributed by atoms with Gasteiger partial charge in [0.25, 0.3) is 11.8 Å². The highest BCUT2D eigenvalue weighted by Gasteiger charge is 2.41. The lowest BCUT2D eigenvalue weighted by molar-refractivity contribution is -0.145. The highest BCUT2D eigenvalue weighted by molar-refractivity contribution is 9.10. The zero-order chi connectivity index (χ0) is 19.1. The molecule has 0 spiro atoms. The molecule has 2 aromatic carbocycles. The summed E-state index contributed by atoms with van der Waals surface area (Å²) in [4.78, 5) is 46.6. The predicted molar refractivity (Wildman–Crippen MR) is 100 cm³/mol. The zero-order valence-corrected chi connectivity index (χ0v) is 15.8. The molecule has 27 heavy (non-hydrogen) atoms. The number of carbonyl (C=O) groups is 3. The van der Waals surface area contributed by atoms with E-state index in [4.69, 9.17) is 4.74 Å². The van der Waals surface area contributed by atoms with Crippen LogP contribution in [-0.4, -0.2) is 45.8 Å². The van der Waals surface area contributed by atoms with Crippen LogP contribution in [0.25, 0.3) is 10.8 Å². The fourth-order valence-electron chi connectivity index (χ4n) is 3.38. The Morgan fingerprint density at radius 2 is 1.96 bits per heavy atom. The minimum Gasteiger partial charge on any atom is -0.467 e. The first kappa shape index (κ1) is 17.4. The molecule has 0 saturated heterocycles. The SMILES string of the molecule is COC(=O)C(Cc1cnc[nH]1)N1C(=O)c2cccc3c(Br)ccc(c23)C1=O. The van der Waals surface area contributed by atoms with Crippen molar-refractivity contribution in [2.75, 3.05) is 7.11 Å². The first-order valence-electron chi connectivity index (χ1n) is 8.17. The van der Waals surface area contributed by atoms with Gasteiger partial charge < -0.3 is 9.72 Å². The Balaban J connectivity index is 1.86. The van der Waals surface area contributed by atoms with Crippen LogP contribution in [0.1, 0.15) is 26.4 Å². The summed E-state index contributed by atoms with van der Waals surface area (Å²) in [6.45, 7) is 0. The van der Waals surface area contributed by atoms with E-state index >= 15 is 0 Å². The predicted octanol–water partition coefficient (Wildman–Crippen LogP) is 2.71. The second kappa shape index (κ2) is 6.62. The summed E-state index contributed by atoms with van der Waals surface area (Å²) < 4.78 is 5.66. The quantitative estimate of drug-likeness (QED) is 0.510. The number of benzene rings is 2. The number of imidazole rings is 1. The average molecular weight is 428 g/mol. The van der Waals surface area contributed by atoms with E-state index in [9.17, 15) is 14.4 Å². The summed E-state index contributed by atoms with van der Waals surface area (Å²) in [5.41, 5.74) is 1.37. The Morgan fingerprint density at radius 1 is 1.22 bits per heavy atom. The third-order valence-corrected chi connectivity index (χ3v) is 5.33. The lowest BCUT2D eigenvalue weighted by atomic mass is 9.92. The summed E-state index contributed by atoms with van der Waals surface area (Å²) in [7, 11) is 1.23. The average Bonchev–Trinajstić information content (AvgIpc) is 3.19. The summed E-state index contributed by atoms with van der Waals surface area (Å²) in [6, 6.07) is 7.57. The van der Waals surface area contributed by atoms with Crippen LogP contribution >= 0.6 is 15.9 Å². The number of aromatic amines is 1. The molecule has 1 aromatic heterocycles. The molecule has 0 bridgehead atoms. The normalized spacial score (nSPS) is 14.5. The topological polar surface area (TPSA) is 92.4 Å². The Kier molecular flexibility index (Phi) is 4.27. The number of esters is 1. The van der Waals surface area contributed by atoms with Crippen molar-refractivity contribution in [2.45, 2.75) is 12.5 Å². The van der Waals surface area contributed by atoms with Crippen molar-refractivity contribution in [2.24, 2.45) is 0 Å². The molecule has 4 rings (SSSR count). The molecule has 1 atom stereocenters. The first-order valence-corrected chi connectivity index (χ1v) is 8.96. The van der Waals surface area contributed by atoms with Crippen LogP contribution in [0, 0.1) is 0 Å². The number of nitrogens with zero attached hydrogens (tertiary/aromatic N) is 2. The van der Waals surface area contributed by atoms with Gasteiger partial charge in [-0.1, -0.05) is 28.1 Å². The van der Waals surface area contributed by atoms with E-state index in [1.54, 1.807) is 30.5 Å². The van der Waals surface area contributed by atoms with Crippen LogP contribution in [0.15, 0.2) is 47.3 Å². The number of nitrogens with one attached hydrogen (secondary N) is 1. The van der Waals surface area contributed by atoms with E-state index in [1.807, 2.05) is 6.07 Å². The second-order valence-corrected chi connectivity index (χ2v) is 6.98. The van der Waals surface area contributed by atoms with E-state index in [-0.39, 0.29) is 6.42 Å². The molecule has 1 aliphatic heterocycles. The smallest absolute Gasteiger partial charge is 0.329 e. The lowest BCUT2D eigenvalue weighted by Gasteiger charge is -2.32. The van der Waals surface area contributed by atoms with Gasteiger partial charge in [-0.2, -0.15) is 0 Å². The standard InChI is InChI=1S/C19H14BrN3O4/c1-27-19(26)15(7-10-8-21-9-22-10)23-17(24)12-4-2-3-11-14(20)6-5-13(16(11)12)18(23)25/h2-6,8-9,15H,7H2,1H3,(H,21,22). The first-order chi connectivity index (χ1) is 13.0. The molecule has 0 saturated carbocycles. The number of hydrogen-bond donors (Lipinski definition) is 1. The van der Waals surface area contributed by atoms with Gasteiger partial charge in [0.2, 0.25) is 0 Å². The van der Waals surface area contributed by atoms with Crippen LogP contribution in [0.2, 0.25) is 0 Å². The van der Waals surface area contributed by atoms with E-state index in [1.165, 1.54) is 13.4 Å². The van der Waals surface area contributed by atoms with Gasteiger partial charge in [0, 0.05) is 39.3 Å². The highest BCUT2D eigenvalue weighted by Crippen LogP contribution is 2.35. The van der Waals surface area contributed by atoms with Crippen LogP contribution < -0.4 is 0 Å². The molecule has 7 nitrogen and oxygen atoms in total. The molecule has 1 unspecified atom stereocenters. The van der Waals surface area contributed by atoms with E-state index in [2.05, 4.69) is 25.9 Å². The molecule has 0 fully saturated rings. The summed E-state index contributed by atoms with van der Waals surface area (Å²) >= 11 is 3.46. The molecule has 2 amide bonds. The van der Waals surface area contributed by atoms with E-state index in [0.717, 1.165) is 14.8 Å². The third-order valence-electron chi connectivity index (χ3n) is 4.64. The molecule has 0 radical (unpaired) electrons. The Labute approximate surface area is 162 Å². The van der Waals surface area contributed by atoms with Gasteiger partial charge in [-0.05, 0) is 23.6 Å². The number of imide groups is 1. The molecule has 3 aromatic rings. The van der Waals surface area contributed by atoms with Crippen molar-refractivity contribution in [1.29, 1.82) is 0 Å². The maximum absolute atomic E-state index is 13.2. The van der Waals surface area contributed by atoms with Crippen molar-refractivity contribution < 1.29 is 19.1 Å². The minimum absolute atomic E-state index is 0.0893. The zero-order valence-electron chi connectivity index (χ0n) is 14.2. The van der Waals surface area contributed by atoms with Gasteiger partial charge in [0.05, 0.1) is 13.4 Å².